The van der Waals surface area contributed by atoms with Gasteiger partial charge in [-0.05, 0) is 42.3 Å². The topological polar surface area (TPSA) is 50.9 Å². The number of rotatable bonds is 4. The number of halogens is 1. The first-order chi connectivity index (χ1) is 10.6. The summed E-state index contributed by atoms with van der Waals surface area (Å²) in [6.45, 7) is 2.12. The Kier molecular flexibility index (Phi) is 3.98. The third-order valence-corrected chi connectivity index (χ3v) is 3.57. The van der Waals surface area contributed by atoms with Gasteiger partial charge in [0.15, 0.2) is 5.82 Å². The van der Waals surface area contributed by atoms with E-state index in [0.717, 1.165) is 11.3 Å². The van der Waals surface area contributed by atoms with Gasteiger partial charge in [-0.25, -0.2) is 9.37 Å². The average molecular weight is 297 g/mol. The highest BCUT2D eigenvalue weighted by Gasteiger charge is 2.15. The number of nitrogens with zero attached hydrogens (tertiary/aromatic N) is 3. The number of aryl methyl sites for hydroxylation is 1. The van der Waals surface area contributed by atoms with Gasteiger partial charge in [0, 0.05) is 18.6 Å². The Morgan fingerprint density at radius 1 is 1.18 bits per heavy atom. The molecule has 0 saturated heterocycles. The molecule has 5 heteroatoms. The van der Waals surface area contributed by atoms with Gasteiger partial charge in [0.1, 0.15) is 11.5 Å². The highest BCUT2D eigenvalue weighted by Crippen LogP contribution is 2.22. The summed E-state index contributed by atoms with van der Waals surface area (Å²) in [7, 11) is 0. The summed E-state index contributed by atoms with van der Waals surface area (Å²) in [5.41, 5.74) is 2.18. The standard InChI is InChI=1S/C17H16FN3O/c1-12-10-13(18)5-6-14(12)16(22)11-21-9-8-20-17(21)15-4-2-3-7-19-15/h2-10,16,22H,11H2,1H3. The lowest BCUT2D eigenvalue weighted by atomic mass is 10.0. The van der Waals surface area contributed by atoms with E-state index in [4.69, 9.17) is 0 Å². The van der Waals surface area contributed by atoms with Crippen LogP contribution in [-0.4, -0.2) is 19.6 Å². The largest absolute Gasteiger partial charge is 0.387 e. The maximum absolute atomic E-state index is 13.2. The number of aromatic nitrogens is 3. The predicted molar refractivity (Wildman–Crippen MR) is 81.6 cm³/mol. The molecule has 0 fully saturated rings. The van der Waals surface area contributed by atoms with Gasteiger partial charge in [0.05, 0.1) is 12.6 Å². The van der Waals surface area contributed by atoms with Crippen LogP contribution in [0.2, 0.25) is 0 Å². The Labute approximate surface area is 127 Å². The highest BCUT2D eigenvalue weighted by molar-refractivity contribution is 5.49. The molecule has 0 bridgehead atoms. The van der Waals surface area contributed by atoms with E-state index in [1.807, 2.05) is 22.8 Å². The Morgan fingerprint density at radius 2 is 2.05 bits per heavy atom. The minimum Gasteiger partial charge on any atom is -0.387 e. The summed E-state index contributed by atoms with van der Waals surface area (Å²) in [6.07, 6.45) is 4.44. The van der Waals surface area contributed by atoms with Crippen LogP contribution in [-0.2, 0) is 6.54 Å². The van der Waals surface area contributed by atoms with Crippen LogP contribution in [0.1, 0.15) is 17.2 Å². The lowest BCUT2D eigenvalue weighted by Gasteiger charge is -2.16. The molecule has 112 valence electrons. The van der Waals surface area contributed by atoms with Gasteiger partial charge in [-0.1, -0.05) is 12.1 Å². The zero-order chi connectivity index (χ0) is 15.5. The molecule has 2 heterocycles. The molecule has 0 aliphatic heterocycles. The van der Waals surface area contributed by atoms with E-state index in [0.29, 0.717) is 17.9 Å². The third-order valence-electron chi connectivity index (χ3n) is 3.57. The summed E-state index contributed by atoms with van der Waals surface area (Å²) in [5.74, 6) is 0.393. The molecule has 2 aromatic heterocycles. The molecule has 1 atom stereocenters. The molecular weight excluding hydrogens is 281 g/mol. The smallest absolute Gasteiger partial charge is 0.158 e. The summed E-state index contributed by atoms with van der Waals surface area (Å²) >= 11 is 0. The number of imidazole rings is 1. The zero-order valence-electron chi connectivity index (χ0n) is 12.1. The van der Waals surface area contributed by atoms with Crippen LogP contribution < -0.4 is 0 Å². The van der Waals surface area contributed by atoms with E-state index >= 15 is 0 Å². The van der Waals surface area contributed by atoms with Crippen molar-refractivity contribution in [3.8, 4) is 11.5 Å². The van der Waals surface area contributed by atoms with Crippen molar-refractivity contribution < 1.29 is 9.50 Å². The van der Waals surface area contributed by atoms with Crippen molar-refractivity contribution >= 4 is 0 Å². The van der Waals surface area contributed by atoms with Crippen LogP contribution in [0.4, 0.5) is 4.39 Å². The van der Waals surface area contributed by atoms with Gasteiger partial charge in [-0.3, -0.25) is 4.98 Å². The SMILES string of the molecule is Cc1cc(F)ccc1C(O)Cn1ccnc1-c1ccccn1. The highest BCUT2D eigenvalue weighted by atomic mass is 19.1. The molecule has 0 spiro atoms. The molecule has 22 heavy (non-hydrogen) atoms. The number of benzene rings is 1. The number of pyridine rings is 1. The first kappa shape index (κ1) is 14.4. The van der Waals surface area contributed by atoms with E-state index in [1.165, 1.54) is 12.1 Å². The monoisotopic (exact) mass is 297 g/mol. The van der Waals surface area contributed by atoms with Crippen molar-refractivity contribution in [3.05, 3.63) is 71.9 Å². The van der Waals surface area contributed by atoms with Crippen LogP contribution in [0.25, 0.3) is 11.5 Å². The van der Waals surface area contributed by atoms with Crippen LogP contribution in [0, 0.1) is 12.7 Å². The van der Waals surface area contributed by atoms with Crippen molar-refractivity contribution in [1.82, 2.24) is 14.5 Å². The number of hydrogen-bond donors (Lipinski definition) is 1. The number of aliphatic hydroxyl groups excluding tert-OH is 1. The van der Waals surface area contributed by atoms with Gasteiger partial charge in [0.2, 0.25) is 0 Å². The normalized spacial score (nSPS) is 12.3. The second-order valence-electron chi connectivity index (χ2n) is 5.13. The molecule has 0 aliphatic carbocycles. The van der Waals surface area contributed by atoms with Crippen LogP contribution in [0.15, 0.2) is 55.0 Å². The van der Waals surface area contributed by atoms with Crippen molar-refractivity contribution in [2.75, 3.05) is 0 Å². The first-order valence-electron chi connectivity index (χ1n) is 7.02. The molecule has 0 radical (unpaired) electrons. The minimum absolute atomic E-state index is 0.301. The van der Waals surface area contributed by atoms with E-state index in [-0.39, 0.29) is 5.82 Å². The molecule has 3 rings (SSSR count). The second kappa shape index (κ2) is 6.07. The number of aliphatic hydroxyl groups is 1. The minimum atomic E-state index is -0.739. The molecule has 0 saturated carbocycles. The first-order valence-corrected chi connectivity index (χ1v) is 7.02. The maximum Gasteiger partial charge on any atom is 0.158 e. The summed E-state index contributed by atoms with van der Waals surface area (Å²) in [6, 6.07) is 10.0. The summed E-state index contributed by atoms with van der Waals surface area (Å²) in [4.78, 5) is 8.58. The van der Waals surface area contributed by atoms with Gasteiger partial charge < -0.3 is 9.67 Å². The fourth-order valence-corrected chi connectivity index (χ4v) is 2.48. The molecule has 1 unspecified atom stereocenters. The van der Waals surface area contributed by atoms with Crippen molar-refractivity contribution in [1.29, 1.82) is 0 Å². The van der Waals surface area contributed by atoms with Gasteiger partial charge in [-0.2, -0.15) is 0 Å². The molecule has 4 nitrogen and oxygen atoms in total. The lowest BCUT2D eigenvalue weighted by molar-refractivity contribution is 0.156. The van der Waals surface area contributed by atoms with Crippen LogP contribution >= 0.6 is 0 Å². The Balaban J connectivity index is 1.86. The summed E-state index contributed by atoms with van der Waals surface area (Å²) < 4.78 is 15.0. The predicted octanol–water partition coefficient (Wildman–Crippen LogP) is 3.13. The van der Waals surface area contributed by atoms with Crippen LogP contribution in [0.5, 0.6) is 0 Å². The van der Waals surface area contributed by atoms with Crippen LogP contribution in [0.3, 0.4) is 0 Å². The van der Waals surface area contributed by atoms with E-state index in [1.54, 1.807) is 31.6 Å². The van der Waals surface area contributed by atoms with Crippen molar-refractivity contribution in [2.24, 2.45) is 0 Å². The second-order valence-corrected chi connectivity index (χ2v) is 5.13. The Hall–Kier alpha value is -2.53. The third kappa shape index (κ3) is 2.89. The van der Waals surface area contributed by atoms with Gasteiger partial charge in [-0.15, -0.1) is 0 Å². The van der Waals surface area contributed by atoms with Crippen molar-refractivity contribution in [3.63, 3.8) is 0 Å². The fraction of sp³-hybridized carbons (Fsp3) is 0.176. The molecule has 3 aromatic rings. The summed E-state index contributed by atoms with van der Waals surface area (Å²) in [5, 5.41) is 10.4. The maximum atomic E-state index is 13.2. The van der Waals surface area contributed by atoms with Gasteiger partial charge in [0.25, 0.3) is 0 Å². The molecular formula is C17H16FN3O. The van der Waals surface area contributed by atoms with E-state index < -0.39 is 6.10 Å². The molecule has 0 amide bonds. The Bertz CT molecular complexity index is 771. The average Bonchev–Trinajstić information content (AvgIpc) is 2.96. The molecule has 0 aliphatic rings. The van der Waals surface area contributed by atoms with E-state index in [2.05, 4.69) is 9.97 Å². The quantitative estimate of drug-likeness (QED) is 0.805. The number of hydrogen-bond acceptors (Lipinski definition) is 3. The molecule has 1 N–H and O–H groups in total. The van der Waals surface area contributed by atoms with Gasteiger partial charge >= 0.3 is 0 Å². The zero-order valence-corrected chi connectivity index (χ0v) is 12.1. The lowest BCUT2D eigenvalue weighted by Crippen LogP contribution is -2.11. The fourth-order valence-electron chi connectivity index (χ4n) is 2.48. The van der Waals surface area contributed by atoms with Crippen molar-refractivity contribution in [2.45, 2.75) is 19.6 Å². The molecule has 1 aromatic carbocycles. The Morgan fingerprint density at radius 3 is 2.77 bits per heavy atom. The van der Waals surface area contributed by atoms with E-state index in [9.17, 15) is 9.50 Å².